The summed E-state index contributed by atoms with van der Waals surface area (Å²) < 4.78 is 13.3. The number of likely N-dealkylation sites (tertiary alicyclic amines) is 1. The van der Waals surface area contributed by atoms with Gasteiger partial charge in [-0.2, -0.15) is 0 Å². The van der Waals surface area contributed by atoms with Gasteiger partial charge < -0.3 is 5.73 Å². The van der Waals surface area contributed by atoms with E-state index in [2.05, 4.69) is 11.8 Å². The number of nitrogens with zero attached hydrogens (tertiary/aromatic N) is 1. The number of hydrogen-bond acceptors (Lipinski definition) is 2. The minimum atomic E-state index is -0.162. The van der Waals surface area contributed by atoms with Crippen molar-refractivity contribution in [2.45, 2.75) is 51.6 Å². The lowest BCUT2D eigenvalue weighted by Gasteiger charge is -2.34. The van der Waals surface area contributed by atoms with Gasteiger partial charge in [0.25, 0.3) is 0 Å². The van der Waals surface area contributed by atoms with E-state index in [4.69, 9.17) is 5.73 Å². The molecule has 0 spiro atoms. The van der Waals surface area contributed by atoms with Gasteiger partial charge in [0.05, 0.1) is 6.04 Å². The van der Waals surface area contributed by atoms with Gasteiger partial charge in [0, 0.05) is 6.04 Å². The Bertz CT molecular complexity index is 419. The Kier molecular flexibility index (Phi) is 4.94. The van der Waals surface area contributed by atoms with Crippen LogP contribution in [0.3, 0.4) is 0 Å². The predicted octanol–water partition coefficient (Wildman–Crippen LogP) is 3.40. The molecule has 0 bridgehead atoms. The molecular formula is C16H25FN2. The van der Waals surface area contributed by atoms with Gasteiger partial charge in [0.1, 0.15) is 5.82 Å². The Labute approximate surface area is 115 Å². The number of halogens is 1. The summed E-state index contributed by atoms with van der Waals surface area (Å²) >= 11 is 0. The van der Waals surface area contributed by atoms with Crippen LogP contribution in [0.1, 0.15) is 49.8 Å². The first kappa shape index (κ1) is 14.5. The predicted molar refractivity (Wildman–Crippen MR) is 77.6 cm³/mol. The van der Waals surface area contributed by atoms with Crippen LogP contribution in [-0.2, 0) is 0 Å². The van der Waals surface area contributed by atoms with E-state index in [1.165, 1.54) is 18.4 Å². The highest BCUT2D eigenvalue weighted by molar-refractivity contribution is 5.31. The van der Waals surface area contributed by atoms with E-state index in [-0.39, 0.29) is 17.9 Å². The lowest BCUT2D eigenvalue weighted by molar-refractivity contribution is 0.185. The van der Waals surface area contributed by atoms with Gasteiger partial charge in [0.2, 0.25) is 0 Å². The lowest BCUT2D eigenvalue weighted by atomic mass is 9.93. The number of aryl methyl sites for hydroxylation is 1. The quantitative estimate of drug-likeness (QED) is 0.906. The maximum absolute atomic E-state index is 13.3. The van der Waals surface area contributed by atoms with Crippen LogP contribution in [-0.4, -0.2) is 24.0 Å². The second-order valence-corrected chi connectivity index (χ2v) is 5.64. The standard InChI is InChI=1S/C16H25FN2/c1-3-9-19-10-5-4-6-15(18)16(19)14-8-7-13(17)11-12(14)2/h7-8,11,15-16H,3-6,9-10,18H2,1-2H3. The van der Waals surface area contributed by atoms with Crippen LogP contribution >= 0.6 is 0 Å². The first-order valence-electron chi connectivity index (χ1n) is 7.39. The minimum Gasteiger partial charge on any atom is -0.326 e. The summed E-state index contributed by atoms with van der Waals surface area (Å²) in [4.78, 5) is 2.48. The molecule has 106 valence electrons. The van der Waals surface area contributed by atoms with Gasteiger partial charge in [-0.05, 0) is 62.5 Å². The molecule has 2 atom stereocenters. The van der Waals surface area contributed by atoms with Crippen molar-refractivity contribution >= 4 is 0 Å². The molecule has 0 aliphatic carbocycles. The molecule has 1 saturated heterocycles. The van der Waals surface area contributed by atoms with Crippen molar-refractivity contribution in [1.29, 1.82) is 0 Å². The SMILES string of the molecule is CCCN1CCCCC(N)C1c1ccc(F)cc1C. The van der Waals surface area contributed by atoms with Crippen molar-refractivity contribution in [3.8, 4) is 0 Å². The maximum atomic E-state index is 13.3. The molecule has 0 saturated carbocycles. The van der Waals surface area contributed by atoms with Crippen LogP contribution in [0.15, 0.2) is 18.2 Å². The topological polar surface area (TPSA) is 29.3 Å². The van der Waals surface area contributed by atoms with E-state index < -0.39 is 0 Å². The smallest absolute Gasteiger partial charge is 0.123 e. The van der Waals surface area contributed by atoms with E-state index in [1.54, 1.807) is 12.1 Å². The molecule has 1 heterocycles. The average molecular weight is 264 g/mol. The molecule has 1 aliphatic heterocycles. The zero-order chi connectivity index (χ0) is 13.8. The van der Waals surface area contributed by atoms with Crippen molar-refractivity contribution in [2.24, 2.45) is 5.73 Å². The normalized spacial score (nSPS) is 25.3. The first-order chi connectivity index (χ1) is 9.13. The van der Waals surface area contributed by atoms with Crippen molar-refractivity contribution in [3.63, 3.8) is 0 Å². The van der Waals surface area contributed by atoms with Crippen LogP contribution in [0.25, 0.3) is 0 Å². The molecule has 2 nitrogen and oxygen atoms in total. The van der Waals surface area contributed by atoms with Crippen molar-refractivity contribution in [1.82, 2.24) is 4.90 Å². The number of hydrogen-bond donors (Lipinski definition) is 1. The van der Waals surface area contributed by atoms with Gasteiger partial charge in [-0.15, -0.1) is 0 Å². The highest BCUT2D eigenvalue weighted by Crippen LogP contribution is 2.31. The third-order valence-corrected chi connectivity index (χ3v) is 4.09. The lowest BCUT2D eigenvalue weighted by Crippen LogP contribution is -2.40. The van der Waals surface area contributed by atoms with Crippen molar-refractivity contribution in [3.05, 3.63) is 35.1 Å². The summed E-state index contributed by atoms with van der Waals surface area (Å²) in [7, 11) is 0. The Morgan fingerprint density at radius 3 is 2.84 bits per heavy atom. The second-order valence-electron chi connectivity index (χ2n) is 5.64. The molecular weight excluding hydrogens is 239 g/mol. The van der Waals surface area contributed by atoms with E-state index in [1.807, 2.05) is 13.0 Å². The van der Waals surface area contributed by atoms with Crippen molar-refractivity contribution < 1.29 is 4.39 Å². The summed E-state index contributed by atoms with van der Waals surface area (Å²) in [6, 6.07) is 5.49. The van der Waals surface area contributed by atoms with Gasteiger partial charge in [0.15, 0.2) is 0 Å². The molecule has 1 aromatic carbocycles. The molecule has 1 fully saturated rings. The Morgan fingerprint density at radius 2 is 2.16 bits per heavy atom. The zero-order valence-electron chi connectivity index (χ0n) is 12.0. The van der Waals surface area contributed by atoms with Crippen LogP contribution < -0.4 is 5.73 Å². The van der Waals surface area contributed by atoms with Gasteiger partial charge in [-0.1, -0.05) is 19.4 Å². The fourth-order valence-corrected chi connectivity index (χ4v) is 3.20. The van der Waals surface area contributed by atoms with Crippen LogP contribution in [0.4, 0.5) is 4.39 Å². The summed E-state index contributed by atoms with van der Waals surface area (Å²) in [5.41, 5.74) is 8.62. The molecule has 1 aliphatic rings. The molecule has 3 heteroatoms. The summed E-state index contributed by atoms with van der Waals surface area (Å²) in [6.07, 6.45) is 4.59. The van der Waals surface area contributed by atoms with Gasteiger partial charge in [-0.3, -0.25) is 4.90 Å². The Morgan fingerprint density at radius 1 is 1.37 bits per heavy atom. The van der Waals surface area contributed by atoms with Crippen LogP contribution in [0, 0.1) is 12.7 Å². The highest BCUT2D eigenvalue weighted by atomic mass is 19.1. The fourth-order valence-electron chi connectivity index (χ4n) is 3.20. The summed E-state index contributed by atoms with van der Waals surface area (Å²) in [6.45, 7) is 6.35. The Balaban J connectivity index is 2.34. The van der Waals surface area contributed by atoms with E-state index in [0.29, 0.717) is 0 Å². The largest absolute Gasteiger partial charge is 0.326 e. The molecule has 19 heavy (non-hydrogen) atoms. The van der Waals surface area contributed by atoms with Crippen molar-refractivity contribution in [2.75, 3.05) is 13.1 Å². The van der Waals surface area contributed by atoms with Crippen LogP contribution in [0.2, 0.25) is 0 Å². The van der Waals surface area contributed by atoms with Gasteiger partial charge >= 0.3 is 0 Å². The minimum absolute atomic E-state index is 0.151. The Hall–Kier alpha value is -0.930. The first-order valence-corrected chi connectivity index (χ1v) is 7.39. The molecule has 0 aromatic heterocycles. The molecule has 0 amide bonds. The van der Waals surface area contributed by atoms with E-state index >= 15 is 0 Å². The molecule has 0 radical (unpaired) electrons. The molecule has 2 N–H and O–H groups in total. The fraction of sp³-hybridized carbons (Fsp3) is 0.625. The monoisotopic (exact) mass is 264 g/mol. The summed E-state index contributed by atoms with van der Waals surface area (Å²) in [5.74, 6) is -0.162. The number of nitrogens with two attached hydrogens (primary N) is 1. The molecule has 2 unspecified atom stereocenters. The number of benzene rings is 1. The average Bonchev–Trinajstić information content (AvgIpc) is 2.53. The second kappa shape index (κ2) is 6.49. The zero-order valence-corrected chi connectivity index (χ0v) is 12.0. The number of rotatable bonds is 3. The van der Waals surface area contributed by atoms with E-state index in [9.17, 15) is 4.39 Å². The highest BCUT2D eigenvalue weighted by Gasteiger charge is 2.29. The maximum Gasteiger partial charge on any atom is 0.123 e. The van der Waals surface area contributed by atoms with Gasteiger partial charge in [-0.25, -0.2) is 4.39 Å². The third kappa shape index (κ3) is 3.34. The summed E-state index contributed by atoms with van der Waals surface area (Å²) in [5, 5.41) is 0. The molecule has 2 rings (SSSR count). The third-order valence-electron chi connectivity index (χ3n) is 4.09. The van der Waals surface area contributed by atoms with Crippen LogP contribution in [0.5, 0.6) is 0 Å². The van der Waals surface area contributed by atoms with E-state index in [0.717, 1.165) is 31.5 Å². The molecule has 1 aromatic rings.